The molecule has 0 radical (unpaired) electrons. The minimum absolute atomic E-state index is 0.00496. The Kier molecular flexibility index (Phi) is 6.73. The monoisotopic (exact) mass is 402 g/mol. The third-order valence-corrected chi connectivity index (χ3v) is 7.53. The minimum atomic E-state index is -3.56. The number of hydrogen-bond acceptors (Lipinski definition) is 4. The fourth-order valence-electron chi connectivity index (χ4n) is 4.14. The van der Waals surface area contributed by atoms with Gasteiger partial charge in [-0.3, -0.25) is 4.79 Å². The molecule has 2 heterocycles. The van der Waals surface area contributed by atoms with E-state index in [1.165, 1.54) is 12.8 Å². The van der Waals surface area contributed by atoms with Crippen LogP contribution in [0.3, 0.4) is 0 Å². The molecule has 2 fully saturated rings. The number of carbonyl (C=O) groups is 1. The van der Waals surface area contributed by atoms with E-state index in [1.807, 2.05) is 4.90 Å². The molecule has 6 heteroatoms. The van der Waals surface area contributed by atoms with Gasteiger partial charge >= 0.3 is 0 Å². The van der Waals surface area contributed by atoms with Gasteiger partial charge in [-0.05, 0) is 83.0 Å². The van der Waals surface area contributed by atoms with Crippen molar-refractivity contribution in [1.82, 2.24) is 9.80 Å². The summed E-state index contributed by atoms with van der Waals surface area (Å²) in [5.74, 6) is 0.00496. The zero-order valence-electron chi connectivity index (χ0n) is 16.8. The molecule has 0 saturated carbocycles. The van der Waals surface area contributed by atoms with Gasteiger partial charge in [-0.1, -0.05) is 12.2 Å². The summed E-state index contributed by atoms with van der Waals surface area (Å²) in [6.07, 6.45) is 9.45. The topological polar surface area (TPSA) is 57.7 Å². The van der Waals surface area contributed by atoms with Crippen molar-refractivity contribution < 1.29 is 13.2 Å². The molecule has 1 atom stereocenters. The Bertz CT molecular complexity index is 850. The van der Waals surface area contributed by atoms with E-state index in [2.05, 4.69) is 4.90 Å². The highest BCUT2D eigenvalue weighted by Crippen LogP contribution is 2.25. The highest BCUT2D eigenvalue weighted by molar-refractivity contribution is 7.95. The average Bonchev–Trinajstić information content (AvgIpc) is 3.38. The van der Waals surface area contributed by atoms with Crippen LogP contribution >= 0.6 is 0 Å². The summed E-state index contributed by atoms with van der Waals surface area (Å²) in [7, 11) is -3.56. The van der Waals surface area contributed by atoms with Crippen LogP contribution in [0, 0.1) is 0 Å². The highest BCUT2D eigenvalue weighted by Gasteiger charge is 2.31. The smallest absolute Gasteiger partial charge is 0.254 e. The van der Waals surface area contributed by atoms with Crippen LogP contribution in [0.25, 0.3) is 0 Å². The van der Waals surface area contributed by atoms with Crippen molar-refractivity contribution in [3.63, 3.8) is 0 Å². The van der Waals surface area contributed by atoms with Crippen molar-refractivity contribution in [3.8, 4) is 0 Å². The molecule has 28 heavy (non-hydrogen) atoms. The van der Waals surface area contributed by atoms with Crippen LogP contribution in [0.15, 0.2) is 52.3 Å². The Morgan fingerprint density at radius 1 is 1.07 bits per heavy atom. The molecule has 0 aliphatic carbocycles. The zero-order valence-corrected chi connectivity index (χ0v) is 17.6. The molecule has 0 spiro atoms. The van der Waals surface area contributed by atoms with E-state index in [0.717, 1.165) is 39.0 Å². The first kappa shape index (κ1) is 20.8. The summed E-state index contributed by atoms with van der Waals surface area (Å²) in [6, 6.07) is 6.63. The molecule has 0 unspecified atom stereocenters. The van der Waals surface area contributed by atoms with Gasteiger partial charge in [0.25, 0.3) is 5.91 Å². The maximum absolute atomic E-state index is 13.0. The lowest BCUT2D eigenvalue weighted by atomic mass is 10.1. The Morgan fingerprint density at radius 2 is 1.75 bits per heavy atom. The second-order valence-corrected chi connectivity index (χ2v) is 9.47. The molecule has 152 valence electrons. The number of rotatable bonds is 6. The summed E-state index contributed by atoms with van der Waals surface area (Å²) in [4.78, 5) is 17.9. The van der Waals surface area contributed by atoms with E-state index in [0.29, 0.717) is 5.56 Å². The summed E-state index contributed by atoms with van der Waals surface area (Å²) in [5.41, 5.74) is 0.556. The first-order valence-corrected chi connectivity index (χ1v) is 11.6. The van der Waals surface area contributed by atoms with E-state index in [9.17, 15) is 13.2 Å². The van der Waals surface area contributed by atoms with Crippen molar-refractivity contribution >= 4 is 15.7 Å². The number of nitrogens with zero attached hydrogens (tertiary/aromatic N) is 2. The second-order valence-electron chi connectivity index (χ2n) is 7.52. The van der Waals surface area contributed by atoms with E-state index in [1.54, 1.807) is 56.3 Å². The molecule has 5 nitrogen and oxygen atoms in total. The van der Waals surface area contributed by atoms with E-state index < -0.39 is 9.84 Å². The third kappa shape index (κ3) is 4.39. The number of likely N-dealkylation sites (tertiary alicyclic amines) is 2. The Morgan fingerprint density at radius 3 is 2.36 bits per heavy atom. The number of amides is 1. The van der Waals surface area contributed by atoms with Gasteiger partial charge in [-0.15, -0.1) is 0 Å². The van der Waals surface area contributed by atoms with Gasteiger partial charge in [0, 0.05) is 24.7 Å². The molecular formula is C22H30N2O3S. The lowest BCUT2D eigenvalue weighted by molar-refractivity contribution is 0.0708. The second kappa shape index (κ2) is 9.05. The van der Waals surface area contributed by atoms with Crippen LogP contribution in [0.2, 0.25) is 0 Å². The summed E-state index contributed by atoms with van der Waals surface area (Å²) >= 11 is 0. The molecule has 1 aromatic rings. The zero-order chi connectivity index (χ0) is 20.1. The summed E-state index contributed by atoms with van der Waals surface area (Å²) in [5, 5.41) is 0. The predicted molar refractivity (Wildman–Crippen MR) is 112 cm³/mol. The lowest BCUT2D eigenvalue weighted by Crippen LogP contribution is -2.42. The van der Waals surface area contributed by atoms with E-state index in [4.69, 9.17) is 0 Å². The fourth-order valence-corrected chi connectivity index (χ4v) is 5.53. The van der Waals surface area contributed by atoms with E-state index >= 15 is 0 Å². The first-order valence-electron chi connectivity index (χ1n) is 10.1. The van der Waals surface area contributed by atoms with Crippen LogP contribution < -0.4 is 0 Å². The minimum Gasteiger partial charge on any atom is -0.334 e. The molecule has 0 aromatic heterocycles. The standard InChI is InChI=1S/C22H30N2O3S/c1-3-8-20(4-2)28(26,27)21-12-10-18(11-13-21)22(25)24-16-7-9-19(24)17-23-14-5-6-15-23/h3-4,8,10-13,19H,5-7,9,14-17H2,1-2H3/b8-3-,20-4+/t19-/m0/s1. The van der Waals surface area contributed by atoms with Crippen LogP contribution in [0.4, 0.5) is 0 Å². The molecule has 0 bridgehead atoms. The number of benzene rings is 1. The molecule has 1 aromatic carbocycles. The Labute approximate surface area is 168 Å². The number of hydrogen-bond donors (Lipinski definition) is 0. The van der Waals surface area contributed by atoms with Crippen molar-refractivity contribution in [3.05, 3.63) is 53.0 Å². The fraction of sp³-hybridized carbons (Fsp3) is 0.500. The average molecular weight is 403 g/mol. The van der Waals surface area contributed by atoms with Crippen LogP contribution in [-0.4, -0.2) is 56.3 Å². The van der Waals surface area contributed by atoms with E-state index in [-0.39, 0.29) is 21.7 Å². The van der Waals surface area contributed by atoms with Crippen molar-refractivity contribution in [2.45, 2.75) is 50.5 Å². The molecule has 0 N–H and O–H groups in total. The van der Waals surface area contributed by atoms with Crippen molar-refractivity contribution in [2.75, 3.05) is 26.2 Å². The molecular weight excluding hydrogens is 372 g/mol. The quantitative estimate of drug-likeness (QED) is 0.682. The van der Waals surface area contributed by atoms with Gasteiger partial charge in [0.1, 0.15) is 0 Å². The highest BCUT2D eigenvalue weighted by atomic mass is 32.2. The van der Waals surface area contributed by atoms with Crippen LogP contribution in [-0.2, 0) is 9.84 Å². The first-order chi connectivity index (χ1) is 13.5. The SMILES string of the molecule is C/C=C\C(=C/C)S(=O)(=O)c1ccc(C(=O)N2CCC[C@H]2CN2CCCC2)cc1. The van der Waals surface area contributed by atoms with Crippen molar-refractivity contribution in [2.24, 2.45) is 0 Å². The summed E-state index contributed by atoms with van der Waals surface area (Å²) < 4.78 is 25.4. The Balaban J connectivity index is 1.74. The Hall–Kier alpha value is -1.92. The maximum Gasteiger partial charge on any atom is 0.254 e. The molecule has 2 saturated heterocycles. The maximum atomic E-state index is 13.0. The van der Waals surface area contributed by atoms with Crippen LogP contribution in [0.1, 0.15) is 49.9 Å². The van der Waals surface area contributed by atoms with Gasteiger partial charge in [0.05, 0.1) is 9.80 Å². The van der Waals surface area contributed by atoms with Gasteiger partial charge in [0.2, 0.25) is 9.84 Å². The summed E-state index contributed by atoms with van der Waals surface area (Å²) in [6.45, 7) is 7.48. The largest absolute Gasteiger partial charge is 0.334 e. The normalized spacial score (nSPS) is 21.7. The molecule has 2 aliphatic heterocycles. The van der Waals surface area contributed by atoms with Gasteiger partial charge in [-0.25, -0.2) is 8.42 Å². The number of sulfone groups is 1. The number of carbonyl (C=O) groups excluding carboxylic acids is 1. The number of allylic oxidation sites excluding steroid dienone is 3. The third-order valence-electron chi connectivity index (χ3n) is 5.64. The van der Waals surface area contributed by atoms with Crippen LogP contribution in [0.5, 0.6) is 0 Å². The molecule has 3 rings (SSSR count). The van der Waals surface area contributed by atoms with Crippen molar-refractivity contribution in [1.29, 1.82) is 0 Å². The predicted octanol–water partition coefficient (Wildman–Crippen LogP) is 3.64. The van der Waals surface area contributed by atoms with Gasteiger partial charge in [-0.2, -0.15) is 0 Å². The molecule has 2 aliphatic rings. The lowest BCUT2D eigenvalue weighted by Gasteiger charge is -2.28. The van der Waals surface area contributed by atoms with Gasteiger partial charge < -0.3 is 9.80 Å². The molecule has 1 amide bonds. The van der Waals surface area contributed by atoms with Gasteiger partial charge in [0.15, 0.2) is 0 Å².